The number of ether oxygens (including phenoxy) is 3. The minimum atomic E-state index is -0.567. The van der Waals surface area contributed by atoms with Gasteiger partial charge in [0.25, 0.3) is 0 Å². The minimum Gasteiger partial charge on any atom is -0.493 e. The summed E-state index contributed by atoms with van der Waals surface area (Å²) in [4.78, 5) is 12.4. The summed E-state index contributed by atoms with van der Waals surface area (Å²) in [6.07, 6.45) is 1.72. The molecule has 0 atom stereocenters. The number of allylic oxidation sites excluding steroid dienone is 1. The molecule has 0 saturated carbocycles. The lowest BCUT2D eigenvalue weighted by atomic mass is 10.0. The maximum absolute atomic E-state index is 12.4. The quantitative estimate of drug-likeness (QED) is 0.113. The first-order valence-electron chi connectivity index (χ1n) is 11.1. The minimum absolute atomic E-state index is 0.257. The number of rotatable bonds is 8. The molecule has 0 unspecified atom stereocenters. The second kappa shape index (κ2) is 11.7. The fourth-order valence-corrected chi connectivity index (χ4v) is 3.63. The van der Waals surface area contributed by atoms with Crippen molar-refractivity contribution >= 4 is 29.2 Å². The van der Waals surface area contributed by atoms with Gasteiger partial charge in [-0.05, 0) is 64.7 Å². The Morgan fingerprint density at radius 1 is 0.889 bits per heavy atom. The van der Waals surface area contributed by atoms with Crippen molar-refractivity contribution in [2.24, 2.45) is 0 Å². The summed E-state index contributed by atoms with van der Waals surface area (Å²) in [5.74, 6) is 0.610. The average molecular weight is 496 g/mol. The monoisotopic (exact) mass is 495 g/mol. The van der Waals surface area contributed by atoms with Gasteiger partial charge in [0.1, 0.15) is 5.75 Å². The molecule has 0 aliphatic carbocycles. The van der Waals surface area contributed by atoms with Crippen LogP contribution < -0.4 is 14.2 Å². The molecule has 0 saturated heterocycles. The van der Waals surface area contributed by atoms with Crippen LogP contribution in [0.15, 0.2) is 97.1 Å². The smallest absolute Gasteiger partial charge is 0.349 e. The maximum atomic E-state index is 12.4. The van der Waals surface area contributed by atoms with Gasteiger partial charge in [0.15, 0.2) is 18.1 Å². The first-order valence-corrected chi connectivity index (χ1v) is 11.5. The molecule has 4 aromatic rings. The van der Waals surface area contributed by atoms with E-state index >= 15 is 0 Å². The summed E-state index contributed by atoms with van der Waals surface area (Å²) in [7, 11) is 1.48. The van der Waals surface area contributed by atoms with Gasteiger partial charge < -0.3 is 14.2 Å². The van der Waals surface area contributed by atoms with Crippen LogP contribution in [0.25, 0.3) is 22.8 Å². The summed E-state index contributed by atoms with van der Waals surface area (Å²) in [5.41, 5.74) is 4.08. The maximum Gasteiger partial charge on any atom is 0.349 e. The highest BCUT2D eigenvalue weighted by atomic mass is 35.5. The van der Waals surface area contributed by atoms with Crippen molar-refractivity contribution in [2.75, 3.05) is 13.7 Å². The molecule has 0 spiro atoms. The normalized spacial score (nSPS) is 10.9. The number of carbonyl (C=O) groups excluding carboxylic acids is 1. The van der Waals surface area contributed by atoms with Crippen LogP contribution in [0.3, 0.4) is 0 Å². The van der Waals surface area contributed by atoms with E-state index in [4.69, 9.17) is 25.8 Å². The molecule has 0 heterocycles. The number of methoxy groups -OCH3 is 1. The molecular formula is C30H22ClNO4. The third-order valence-electron chi connectivity index (χ3n) is 5.32. The predicted octanol–water partition coefficient (Wildman–Crippen LogP) is 7.06. The molecule has 5 nitrogen and oxygen atoms in total. The van der Waals surface area contributed by atoms with Crippen molar-refractivity contribution in [2.45, 2.75) is 0 Å². The molecule has 4 aromatic carbocycles. The van der Waals surface area contributed by atoms with Gasteiger partial charge in [-0.3, -0.25) is 0 Å². The van der Waals surface area contributed by atoms with E-state index in [1.807, 2.05) is 54.6 Å². The van der Waals surface area contributed by atoms with Crippen molar-refractivity contribution in [3.63, 3.8) is 0 Å². The van der Waals surface area contributed by atoms with E-state index in [0.29, 0.717) is 27.7 Å². The zero-order chi connectivity index (χ0) is 25.3. The Kier molecular flexibility index (Phi) is 8.02. The van der Waals surface area contributed by atoms with Crippen molar-refractivity contribution < 1.29 is 19.0 Å². The van der Waals surface area contributed by atoms with E-state index in [0.717, 1.165) is 16.7 Å². The zero-order valence-corrected chi connectivity index (χ0v) is 20.2. The first kappa shape index (κ1) is 24.6. The van der Waals surface area contributed by atoms with E-state index in [9.17, 15) is 10.1 Å². The highest BCUT2D eigenvalue weighted by molar-refractivity contribution is 6.30. The molecule has 178 valence electrons. The van der Waals surface area contributed by atoms with Gasteiger partial charge in [-0.25, -0.2) is 4.79 Å². The van der Waals surface area contributed by atoms with Crippen molar-refractivity contribution in [3.05, 3.63) is 113 Å². The molecule has 0 amide bonds. The fraction of sp³-hybridized carbons (Fsp3) is 0.0667. The number of halogens is 1. The molecular weight excluding hydrogens is 474 g/mol. The Hall–Kier alpha value is -4.53. The number of esters is 1. The molecule has 0 aromatic heterocycles. The van der Waals surface area contributed by atoms with Gasteiger partial charge in [-0.2, -0.15) is 5.26 Å². The van der Waals surface area contributed by atoms with Crippen LogP contribution in [0.2, 0.25) is 5.02 Å². The standard InChI is InChI=1S/C30H22ClNO4/c1-34-29-18-21(17-25(19-32)24-8-12-26(31)13-9-24)7-16-28(29)36-30(33)20-35-27-14-10-23(11-15-27)22-5-3-2-4-6-22/h2-18H,20H2,1H3/b25-17+. The molecule has 0 radical (unpaired) electrons. The van der Waals surface area contributed by atoms with Crippen LogP contribution in [0, 0.1) is 11.3 Å². The second-order valence-electron chi connectivity index (χ2n) is 7.74. The van der Waals surface area contributed by atoms with Gasteiger partial charge in [-0.1, -0.05) is 72.3 Å². The van der Waals surface area contributed by atoms with E-state index in [1.165, 1.54) is 7.11 Å². The molecule has 4 rings (SSSR count). The van der Waals surface area contributed by atoms with Crippen LogP contribution in [0.5, 0.6) is 17.2 Å². The summed E-state index contributed by atoms with van der Waals surface area (Å²) in [6.45, 7) is -0.259. The van der Waals surface area contributed by atoms with Gasteiger partial charge in [-0.15, -0.1) is 0 Å². The molecule has 36 heavy (non-hydrogen) atoms. The summed E-state index contributed by atoms with van der Waals surface area (Å²) in [6, 6.07) is 31.7. The predicted molar refractivity (Wildman–Crippen MR) is 141 cm³/mol. The number of carbonyl (C=O) groups is 1. The van der Waals surface area contributed by atoms with Gasteiger partial charge in [0.2, 0.25) is 0 Å². The van der Waals surface area contributed by atoms with Gasteiger partial charge in [0.05, 0.1) is 18.8 Å². The second-order valence-corrected chi connectivity index (χ2v) is 8.18. The zero-order valence-electron chi connectivity index (χ0n) is 19.5. The largest absolute Gasteiger partial charge is 0.493 e. The summed E-state index contributed by atoms with van der Waals surface area (Å²) < 4.78 is 16.4. The average Bonchev–Trinajstić information content (AvgIpc) is 2.92. The molecule has 0 fully saturated rings. The Morgan fingerprint density at radius 3 is 2.25 bits per heavy atom. The fourth-order valence-electron chi connectivity index (χ4n) is 3.50. The SMILES string of the molecule is COc1cc(/C=C(\C#N)c2ccc(Cl)cc2)ccc1OC(=O)COc1ccc(-c2ccccc2)cc1. The molecule has 0 aliphatic heterocycles. The Labute approximate surface area is 214 Å². The van der Waals surface area contributed by atoms with Crippen LogP contribution in [-0.2, 0) is 4.79 Å². The van der Waals surface area contributed by atoms with Crippen LogP contribution >= 0.6 is 11.6 Å². The highest BCUT2D eigenvalue weighted by Crippen LogP contribution is 2.30. The third kappa shape index (κ3) is 6.32. The molecule has 0 bridgehead atoms. The van der Waals surface area contributed by atoms with Crippen molar-refractivity contribution in [1.29, 1.82) is 5.26 Å². The van der Waals surface area contributed by atoms with Crippen LogP contribution in [0.1, 0.15) is 11.1 Å². The van der Waals surface area contributed by atoms with Gasteiger partial charge in [0, 0.05) is 5.02 Å². The van der Waals surface area contributed by atoms with E-state index < -0.39 is 5.97 Å². The number of benzene rings is 4. The summed E-state index contributed by atoms with van der Waals surface area (Å²) in [5, 5.41) is 10.2. The molecule has 0 aliphatic rings. The molecule has 0 N–H and O–H groups in total. The highest BCUT2D eigenvalue weighted by Gasteiger charge is 2.12. The Morgan fingerprint density at radius 2 is 1.58 bits per heavy atom. The van der Waals surface area contributed by atoms with Crippen molar-refractivity contribution in [1.82, 2.24) is 0 Å². The third-order valence-corrected chi connectivity index (χ3v) is 5.57. The molecule has 6 heteroatoms. The van der Waals surface area contributed by atoms with E-state index in [-0.39, 0.29) is 12.4 Å². The van der Waals surface area contributed by atoms with Gasteiger partial charge >= 0.3 is 5.97 Å². The van der Waals surface area contributed by atoms with Crippen LogP contribution in [-0.4, -0.2) is 19.7 Å². The number of hydrogen-bond acceptors (Lipinski definition) is 5. The lowest BCUT2D eigenvalue weighted by Crippen LogP contribution is -2.18. The van der Waals surface area contributed by atoms with Crippen LogP contribution in [0.4, 0.5) is 0 Å². The lowest BCUT2D eigenvalue weighted by molar-refractivity contribution is -0.136. The van der Waals surface area contributed by atoms with E-state index in [2.05, 4.69) is 6.07 Å². The summed E-state index contributed by atoms with van der Waals surface area (Å²) >= 11 is 5.94. The number of hydrogen-bond donors (Lipinski definition) is 0. The first-order chi connectivity index (χ1) is 17.6. The number of nitriles is 1. The lowest BCUT2D eigenvalue weighted by Gasteiger charge is -2.11. The van der Waals surface area contributed by atoms with Crippen molar-refractivity contribution in [3.8, 4) is 34.4 Å². The number of nitrogens with zero attached hydrogens (tertiary/aromatic N) is 1. The Balaban J connectivity index is 1.40. The Bertz CT molecular complexity index is 1410. The van der Waals surface area contributed by atoms with E-state index in [1.54, 1.807) is 48.5 Å². The topological polar surface area (TPSA) is 68.5 Å².